The third-order valence-electron chi connectivity index (χ3n) is 7.08. The van der Waals surface area contributed by atoms with E-state index in [-0.39, 0.29) is 17.8 Å². The molecule has 132 valence electrons. The summed E-state index contributed by atoms with van der Waals surface area (Å²) in [7, 11) is 0. The Morgan fingerprint density at radius 2 is 1.48 bits per heavy atom. The van der Waals surface area contributed by atoms with Crippen molar-refractivity contribution in [1.29, 1.82) is 0 Å². The summed E-state index contributed by atoms with van der Waals surface area (Å²) >= 11 is 0. The van der Waals surface area contributed by atoms with Gasteiger partial charge in [-0.05, 0) is 37.8 Å². The lowest BCUT2D eigenvalue weighted by atomic mass is 9.62. The van der Waals surface area contributed by atoms with Gasteiger partial charge in [-0.1, -0.05) is 37.8 Å². The largest absolute Gasteiger partial charge is 0.456 e. The minimum Gasteiger partial charge on any atom is -0.456 e. The summed E-state index contributed by atoms with van der Waals surface area (Å²) in [5.74, 6) is -0.821. The van der Waals surface area contributed by atoms with Crippen molar-refractivity contribution in [3.05, 3.63) is 35.6 Å². The smallest absolute Gasteiger partial charge is 0.317 e. The fourth-order valence-electron chi connectivity index (χ4n) is 5.92. The van der Waals surface area contributed by atoms with E-state index in [1.54, 1.807) is 12.1 Å². The van der Waals surface area contributed by atoms with Gasteiger partial charge in [-0.25, -0.2) is 4.39 Å². The molecule has 2 aliphatic carbocycles. The van der Waals surface area contributed by atoms with E-state index in [0.29, 0.717) is 31.2 Å². The summed E-state index contributed by atoms with van der Waals surface area (Å²) < 4.78 is 25.6. The third-order valence-corrected chi connectivity index (χ3v) is 7.08. The third kappa shape index (κ3) is 1.62. The zero-order valence-electron chi connectivity index (χ0n) is 14.1. The van der Waals surface area contributed by atoms with Crippen LogP contribution in [0.2, 0.25) is 0 Å². The number of esters is 2. The summed E-state index contributed by atoms with van der Waals surface area (Å²) in [5, 5.41) is 0. The lowest BCUT2D eigenvalue weighted by molar-refractivity contribution is -0.169. The fraction of sp³-hybridized carbons (Fsp3) is 0.600. The summed E-state index contributed by atoms with van der Waals surface area (Å²) in [4.78, 5) is 26.0. The van der Waals surface area contributed by atoms with Crippen LogP contribution in [0.15, 0.2) is 24.3 Å². The molecule has 2 spiro atoms. The van der Waals surface area contributed by atoms with E-state index in [2.05, 4.69) is 0 Å². The molecule has 2 saturated heterocycles. The average Bonchev–Trinajstić information content (AvgIpc) is 3.35. The van der Waals surface area contributed by atoms with Gasteiger partial charge in [0, 0.05) is 5.56 Å². The summed E-state index contributed by atoms with van der Waals surface area (Å²) in [6.07, 6.45) is 5.82. The van der Waals surface area contributed by atoms with Gasteiger partial charge in [-0.2, -0.15) is 0 Å². The molecule has 0 bridgehead atoms. The first kappa shape index (κ1) is 15.4. The minimum absolute atomic E-state index is 0.238. The van der Waals surface area contributed by atoms with Crippen LogP contribution in [0, 0.1) is 16.6 Å². The fourth-order valence-corrected chi connectivity index (χ4v) is 5.92. The highest BCUT2D eigenvalue weighted by atomic mass is 19.1. The molecule has 5 heteroatoms. The van der Waals surface area contributed by atoms with Gasteiger partial charge in [0.2, 0.25) is 0 Å². The summed E-state index contributed by atoms with van der Waals surface area (Å²) in [6.45, 7) is 0. The second-order valence-electron chi connectivity index (χ2n) is 8.07. The van der Waals surface area contributed by atoms with Gasteiger partial charge in [0.25, 0.3) is 0 Å². The maximum Gasteiger partial charge on any atom is 0.317 e. The van der Waals surface area contributed by atoms with Gasteiger partial charge < -0.3 is 9.47 Å². The maximum atomic E-state index is 13.5. The number of rotatable bonds is 1. The van der Waals surface area contributed by atoms with Crippen LogP contribution in [0.5, 0.6) is 0 Å². The number of hydrogen-bond acceptors (Lipinski definition) is 4. The van der Waals surface area contributed by atoms with Crippen LogP contribution in [-0.4, -0.2) is 18.0 Å². The van der Waals surface area contributed by atoms with Crippen molar-refractivity contribution in [3.63, 3.8) is 0 Å². The predicted molar refractivity (Wildman–Crippen MR) is 85.9 cm³/mol. The van der Waals surface area contributed by atoms with Crippen molar-refractivity contribution < 1.29 is 23.5 Å². The second kappa shape index (κ2) is 4.83. The lowest BCUT2D eigenvalue weighted by Gasteiger charge is -2.38. The van der Waals surface area contributed by atoms with Crippen LogP contribution in [0.3, 0.4) is 0 Å². The lowest BCUT2D eigenvalue weighted by Crippen LogP contribution is -2.49. The van der Waals surface area contributed by atoms with Gasteiger partial charge in [0.15, 0.2) is 11.7 Å². The molecule has 0 N–H and O–H groups in total. The van der Waals surface area contributed by atoms with E-state index >= 15 is 0 Å². The SMILES string of the molecule is O=C1O[C@@]2(c3ccc(F)cc3)[C@H](OC(=O)C23CCCC3)C12CCCC2. The molecule has 2 atom stereocenters. The predicted octanol–water partition coefficient (Wildman–Crippen LogP) is 3.62. The highest BCUT2D eigenvalue weighted by molar-refractivity contribution is 5.90. The van der Waals surface area contributed by atoms with Crippen LogP contribution < -0.4 is 0 Å². The molecule has 0 amide bonds. The number of halogens is 1. The second-order valence-corrected chi connectivity index (χ2v) is 8.07. The molecule has 2 saturated carbocycles. The van der Waals surface area contributed by atoms with Crippen LogP contribution in [0.4, 0.5) is 4.39 Å². The number of carbonyl (C=O) groups is 2. The first-order chi connectivity index (χ1) is 12.1. The van der Waals surface area contributed by atoms with E-state index in [4.69, 9.17) is 9.47 Å². The van der Waals surface area contributed by atoms with E-state index in [0.717, 1.165) is 25.7 Å². The van der Waals surface area contributed by atoms with Gasteiger partial charge in [-0.15, -0.1) is 0 Å². The van der Waals surface area contributed by atoms with Gasteiger partial charge in [-0.3, -0.25) is 9.59 Å². The number of benzene rings is 1. The average molecular weight is 344 g/mol. The molecule has 0 unspecified atom stereocenters. The Hall–Kier alpha value is -1.91. The highest BCUT2D eigenvalue weighted by Crippen LogP contribution is 2.69. The molecule has 25 heavy (non-hydrogen) atoms. The van der Waals surface area contributed by atoms with Gasteiger partial charge >= 0.3 is 11.9 Å². The summed E-state index contributed by atoms with van der Waals surface area (Å²) in [6, 6.07) is 6.07. The first-order valence-electron chi connectivity index (χ1n) is 9.26. The number of hydrogen-bond donors (Lipinski definition) is 0. The molecular formula is C20H21FO4. The molecule has 5 rings (SSSR count). The molecule has 4 aliphatic rings. The quantitative estimate of drug-likeness (QED) is 0.730. The Balaban J connectivity index is 1.75. The molecule has 4 fully saturated rings. The van der Waals surface area contributed by atoms with Crippen molar-refractivity contribution in [2.75, 3.05) is 0 Å². The Morgan fingerprint density at radius 1 is 0.880 bits per heavy atom. The normalized spacial score (nSPS) is 34.5. The van der Waals surface area contributed by atoms with Crippen LogP contribution in [-0.2, 0) is 24.7 Å². The molecule has 4 nitrogen and oxygen atoms in total. The van der Waals surface area contributed by atoms with Crippen molar-refractivity contribution in [1.82, 2.24) is 0 Å². The van der Waals surface area contributed by atoms with Crippen molar-refractivity contribution in [2.24, 2.45) is 10.8 Å². The Kier molecular flexibility index (Phi) is 2.97. The Bertz CT molecular complexity index is 741. The number of carbonyl (C=O) groups excluding carboxylic acids is 2. The molecule has 2 heterocycles. The van der Waals surface area contributed by atoms with Crippen molar-refractivity contribution >= 4 is 11.9 Å². The van der Waals surface area contributed by atoms with E-state index in [1.807, 2.05) is 0 Å². The zero-order chi connectivity index (χ0) is 17.3. The van der Waals surface area contributed by atoms with Gasteiger partial charge in [0.05, 0.1) is 0 Å². The molecule has 0 radical (unpaired) electrons. The Morgan fingerprint density at radius 3 is 2.12 bits per heavy atom. The number of fused-ring (bicyclic) bond motifs is 3. The monoisotopic (exact) mass is 344 g/mol. The summed E-state index contributed by atoms with van der Waals surface area (Å²) in [5.41, 5.74) is -1.95. The van der Waals surface area contributed by atoms with E-state index in [1.165, 1.54) is 12.1 Å². The number of ether oxygens (including phenoxy) is 2. The standard InChI is InChI=1S/C20H21FO4/c21-14-7-5-13(6-8-14)20-15(18(16(22)25-20)9-1-2-10-18)24-17(23)19(20)11-3-4-12-19/h5-8,15H,1-4,9-12H2/t15-,20+/m1/s1. The Labute approximate surface area is 145 Å². The van der Waals surface area contributed by atoms with E-state index in [9.17, 15) is 14.0 Å². The van der Waals surface area contributed by atoms with Crippen molar-refractivity contribution in [2.45, 2.75) is 63.1 Å². The molecule has 1 aromatic rings. The van der Waals surface area contributed by atoms with E-state index < -0.39 is 22.5 Å². The van der Waals surface area contributed by atoms with Crippen LogP contribution in [0.25, 0.3) is 0 Å². The molecule has 0 aromatic heterocycles. The zero-order valence-corrected chi connectivity index (χ0v) is 14.1. The van der Waals surface area contributed by atoms with Crippen molar-refractivity contribution in [3.8, 4) is 0 Å². The highest BCUT2D eigenvalue weighted by Gasteiger charge is 2.81. The molecule has 1 aromatic carbocycles. The van der Waals surface area contributed by atoms with Crippen LogP contribution in [0.1, 0.15) is 56.9 Å². The minimum atomic E-state index is -1.10. The molecule has 2 aliphatic heterocycles. The topological polar surface area (TPSA) is 52.6 Å². The molecular weight excluding hydrogens is 323 g/mol. The van der Waals surface area contributed by atoms with Crippen LogP contribution >= 0.6 is 0 Å². The first-order valence-corrected chi connectivity index (χ1v) is 9.26. The maximum absolute atomic E-state index is 13.5. The van der Waals surface area contributed by atoms with Gasteiger partial charge in [0.1, 0.15) is 16.6 Å².